The molecule has 1 N–H and O–H groups in total. The van der Waals surface area contributed by atoms with E-state index in [2.05, 4.69) is 28.1 Å². The molecule has 0 aromatic carbocycles. The van der Waals surface area contributed by atoms with Crippen molar-refractivity contribution in [2.45, 2.75) is 45.2 Å². The maximum absolute atomic E-state index is 12.3. The molecule has 2 heterocycles. The van der Waals surface area contributed by atoms with Crippen LogP contribution in [0, 0.1) is 5.92 Å². The normalized spacial score (nSPS) is 26.4. The smallest absolute Gasteiger partial charge is 0.234 e. The first kappa shape index (κ1) is 18.2. The molecule has 3 rings (SSSR count). The van der Waals surface area contributed by atoms with E-state index in [1.54, 1.807) is 11.3 Å². The maximum Gasteiger partial charge on any atom is 0.234 e. The molecule has 0 spiro atoms. The van der Waals surface area contributed by atoms with Crippen LogP contribution in [0.1, 0.15) is 37.5 Å². The van der Waals surface area contributed by atoms with Gasteiger partial charge in [0, 0.05) is 43.6 Å². The van der Waals surface area contributed by atoms with Crippen molar-refractivity contribution in [3.63, 3.8) is 0 Å². The minimum Gasteiger partial charge on any atom is -0.352 e. The summed E-state index contributed by atoms with van der Waals surface area (Å²) in [6.45, 7) is 7.74. The molecule has 1 aromatic heterocycles. The average molecular weight is 370 g/mol. The van der Waals surface area contributed by atoms with E-state index in [9.17, 15) is 4.79 Å². The number of amides is 1. The Hall–Kier alpha value is -0.620. The van der Waals surface area contributed by atoms with Gasteiger partial charge in [-0.15, -0.1) is 11.3 Å². The number of hydrogen-bond acceptors (Lipinski definition) is 4. The van der Waals surface area contributed by atoms with Gasteiger partial charge in [-0.2, -0.15) is 0 Å². The molecule has 2 fully saturated rings. The molecule has 0 unspecified atom stereocenters. The van der Waals surface area contributed by atoms with Crippen LogP contribution in [-0.4, -0.2) is 54.5 Å². The van der Waals surface area contributed by atoms with Gasteiger partial charge in [-0.05, 0) is 30.9 Å². The van der Waals surface area contributed by atoms with E-state index in [0.29, 0.717) is 18.5 Å². The van der Waals surface area contributed by atoms with Gasteiger partial charge in [0.2, 0.25) is 5.91 Å². The third kappa shape index (κ3) is 5.19. The second-order valence-electron chi connectivity index (χ2n) is 7.19. The lowest BCUT2D eigenvalue weighted by Gasteiger charge is -2.35. The zero-order valence-corrected chi connectivity index (χ0v) is 16.0. The Morgan fingerprint density at radius 3 is 2.58 bits per heavy atom. The molecule has 0 bridgehead atoms. The number of hydrogen-bond donors (Lipinski definition) is 1. The fraction of sp³-hybridized carbons (Fsp3) is 0.722. The highest BCUT2D eigenvalue weighted by molar-refractivity contribution is 7.16. The Bertz CT molecular complexity index is 542. The van der Waals surface area contributed by atoms with Crippen molar-refractivity contribution in [1.29, 1.82) is 0 Å². The van der Waals surface area contributed by atoms with Crippen molar-refractivity contribution in [1.82, 2.24) is 15.1 Å². The number of thiophene rings is 1. The van der Waals surface area contributed by atoms with Gasteiger partial charge in [0.05, 0.1) is 10.9 Å². The number of nitrogens with zero attached hydrogens (tertiary/aromatic N) is 2. The molecule has 1 aliphatic carbocycles. The molecule has 1 saturated carbocycles. The van der Waals surface area contributed by atoms with E-state index in [-0.39, 0.29) is 5.91 Å². The van der Waals surface area contributed by atoms with Crippen molar-refractivity contribution < 1.29 is 4.79 Å². The molecule has 0 radical (unpaired) electrons. The van der Waals surface area contributed by atoms with Crippen LogP contribution < -0.4 is 5.32 Å². The number of piperazine rings is 1. The molecule has 1 amide bonds. The van der Waals surface area contributed by atoms with Gasteiger partial charge < -0.3 is 5.32 Å². The Kier molecular flexibility index (Phi) is 6.56. The van der Waals surface area contributed by atoms with E-state index in [0.717, 1.165) is 43.5 Å². The molecular weight excluding hydrogens is 342 g/mol. The maximum atomic E-state index is 12.3. The predicted octanol–water partition coefficient (Wildman–Crippen LogP) is 3.21. The number of rotatable bonds is 5. The third-order valence-electron chi connectivity index (χ3n) is 5.30. The highest BCUT2D eigenvalue weighted by Crippen LogP contribution is 2.24. The van der Waals surface area contributed by atoms with E-state index in [1.165, 1.54) is 24.1 Å². The van der Waals surface area contributed by atoms with Gasteiger partial charge in [-0.3, -0.25) is 14.6 Å². The average Bonchev–Trinajstić information content (AvgIpc) is 2.96. The number of carbonyl (C=O) groups excluding carboxylic acids is 1. The molecule has 1 aliphatic heterocycles. The van der Waals surface area contributed by atoms with Crippen LogP contribution in [-0.2, 0) is 11.3 Å². The minimum absolute atomic E-state index is 0.201. The van der Waals surface area contributed by atoms with Gasteiger partial charge in [0.25, 0.3) is 0 Å². The molecule has 1 saturated heterocycles. The number of carbonyl (C=O) groups is 1. The van der Waals surface area contributed by atoms with Crippen LogP contribution in [0.3, 0.4) is 0 Å². The zero-order chi connectivity index (χ0) is 16.9. The monoisotopic (exact) mass is 369 g/mol. The van der Waals surface area contributed by atoms with Gasteiger partial charge in [0.1, 0.15) is 0 Å². The minimum atomic E-state index is 0.201. The van der Waals surface area contributed by atoms with Crippen LogP contribution in [0.4, 0.5) is 0 Å². The van der Waals surface area contributed by atoms with Crippen LogP contribution in [0.25, 0.3) is 0 Å². The molecular formula is C18H28ClN3OS. The van der Waals surface area contributed by atoms with Crippen LogP contribution in [0.2, 0.25) is 4.34 Å². The first-order valence-corrected chi connectivity index (χ1v) is 10.3. The quantitative estimate of drug-likeness (QED) is 0.865. The van der Waals surface area contributed by atoms with Gasteiger partial charge in [-0.25, -0.2) is 0 Å². The summed E-state index contributed by atoms with van der Waals surface area (Å²) < 4.78 is 0.859. The standard InChI is InChI=1S/C18H28ClN3OS/c1-14-4-2-3-5-16(14)20-18(23)13-22-10-8-21(9-11-22)12-15-6-7-17(19)24-15/h6-7,14,16H,2-5,8-13H2,1H3,(H,20,23)/t14-,16-/m1/s1. The fourth-order valence-corrected chi connectivity index (χ4v) is 4.88. The molecule has 4 nitrogen and oxygen atoms in total. The Labute approximate surface area is 154 Å². The van der Waals surface area contributed by atoms with Crippen LogP contribution in [0.15, 0.2) is 12.1 Å². The summed E-state index contributed by atoms with van der Waals surface area (Å²) in [5.74, 6) is 0.824. The highest BCUT2D eigenvalue weighted by Gasteiger charge is 2.24. The summed E-state index contributed by atoms with van der Waals surface area (Å²) >= 11 is 7.65. The van der Waals surface area contributed by atoms with Crippen molar-refractivity contribution in [3.05, 3.63) is 21.3 Å². The van der Waals surface area contributed by atoms with Crippen molar-refractivity contribution >= 4 is 28.8 Å². The first-order chi connectivity index (χ1) is 11.6. The second kappa shape index (κ2) is 8.65. The van der Waals surface area contributed by atoms with Crippen LogP contribution in [0.5, 0.6) is 0 Å². The predicted molar refractivity (Wildman–Crippen MR) is 101 cm³/mol. The van der Waals surface area contributed by atoms with E-state index < -0.39 is 0 Å². The summed E-state index contributed by atoms with van der Waals surface area (Å²) in [4.78, 5) is 18.4. The zero-order valence-electron chi connectivity index (χ0n) is 14.5. The Balaban J connectivity index is 1.37. The van der Waals surface area contributed by atoms with Crippen molar-refractivity contribution in [2.24, 2.45) is 5.92 Å². The highest BCUT2D eigenvalue weighted by atomic mass is 35.5. The van der Waals surface area contributed by atoms with Crippen LogP contribution >= 0.6 is 22.9 Å². The molecule has 2 atom stereocenters. The molecule has 24 heavy (non-hydrogen) atoms. The molecule has 134 valence electrons. The summed E-state index contributed by atoms with van der Waals surface area (Å²) in [5, 5.41) is 3.26. The second-order valence-corrected chi connectivity index (χ2v) is 8.99. The lowest BCUT2D eigenvalue weighted by atomic mass is 9.86. The van der Waals surface area contributed by atoms with Gasteiger partial charge >= 0.3 is 0 Å². The van der Waals surface area contributed by atoms with E-state index >= 15 is 0 Å². The van der Waals surface area contributed by atoms with E-state index in [4.69, 9.17) is 11.6 Å². The summed E-state index contributed by atoms with van der Waals surface area (Å²) in [6, 6.07) is 4.46. The number of nitrogens with one attached hydrogen (secondary N) is 1. The number of halogens is 1. The lowest BCUT2D eigenvalue weighted by molar-refractivity contribution is -0.124. The largest absolute Gasteiger partial charge is 0.352 e. The fourth-order valence-electron chi connectivity index (χ4n) is 3.75. The molecule has 6 heteroatoms. The van der Waals surface area contributed by atoms with E-state index in [1.807, 2.05) is 6.07 Å². The summed E-state index contributed by atoms with van der Waals surface area (Å²) in [5.41, 5.74) is 0. The van der Waals surface area contributed by atoms with Crippen molar-refractivity contribution in [3.8, 4) is 0 Å². The molecule has 2 aliphatic rings. The summed E-state index contributed by atoms with van der Waals surface area (Å²) in [7, 11) is 0. The summed E-state index contributed by atoms with van der Waals surface area (Å²) in [6.07, 6.45) is 4.95. The van der Waals surface area contributed by atoms with Gasteiger partial charge in [-0.1, -0.05) is 31.4 Å². The Morgan fingerprint density at radius 1 is 1.21 bits per heavy atom. The third-order valence-corrected chi connectivity index (χ3v) is 6.51. The molecule has 1 aromatic rings. The Morgan fingerprint density at radius 2 is 1.92 bits per heavy atom. The van der Waals surface area contributed by atoms with Gasteiger partial charge in [0.15, 0.2) is 0 Å². The lowest BCUT2D eigenvalue weighted by Crippen LogP contribution is -2.51. The van der Waals surface area contributed by atoms with Crippen molar-refractivity contribution in [2.75, 3.05) is 32.7 Å². The topological polar surface area (TPSA) is 35.6 Å². The SMILES string of the molecule is C[C@@H]1CCCC[C@H]1NC(=O)CN1CCN(Cc2ccc(Cl)s2)CC1. The first-order valence-electron chi connectivity index (χ1n) is 9.08.